The Morgan fingerprint density at radius 2 is 2.11 bits per heavy atom. The summed E-state index contributed by atoms with van der Waals surface area (Å²) in [5, 5.41) is 0. The van der Waals surface area contributed by atoms with E-state index in [1.54, 1.807) is 4.90 Å². The lowest BCUT2D eigenvalue weighted by molar-refractivity contribution is -0.176. The van der Waals surface area contributed by atoms with E-state index >= 15 is 0 Å². The van der Waals surface area contributed by atoms with Crippen LogP contribution in [0.25, 0.3) is 0 Å². The third-order valence-corrected chi connectivity index (χ3v) is 4.27. The Balaban J connectivity index is 2.25. The van der Waals surface area contributed by atoms with Gasteiger partial charge in [0.15, 0.2) is 0 Å². The molecule has 1 aromatic carbocycles. The van der Waals surface area contributed by atoms with Crippen molar-refractivity contribution in [2.45, 2.75) is 25.6 Å². The summed E-state index contributed by atoms with van der Waals surface area (Å²) in [6.07, 6.45) is -3.35. The minimum absolute atomic E-state index is 0.0208. The van der Waals surface area contributed by atoms with E-state index in [0.29, 0.717) is 19.5 Å². The normalized spacial score (nSPS) is 20.7. The Hall–Kier alpha value is -0.750. The van der Waals surface area contributed by atoms with Gasteiger partial charge in [0.25, 0.3) is 0 Å². The number of alkyl halides is 3. The van der Waals surface area contributed by atoms with Crippen LogP contribution in [-0.4, -0.2) is 19.3 Å². The van der Waals surface area contributed by atoms with Crippen LogP contribution in [0.15, 0.2) is 22.7 Å². The fourth-order valence-electron chi connectivity index (χ4n) is 2.51. The van der Waals surface area contributed by atoms with E-state index in [-0.39, 0.29) is 13.0 Å². The topological polar surface area (TPSA) is 29.3 Å². The van der Waals surface area contributed by atoms with Gasteiger partial charge < -0.3 is 10.6 Å². The Labute approximate surface area is 118 Å². The molecule has 6 heteroatoms. The van der Waals surface area contributed by atoms with Gasteiger partial charge in [0.05, 0.1) is 5.92 Å². The van der Waals surface area contributed by atoms with Gasteiger partial charge in [-0.2, -0.15) is 13.2 Å². The van der Waals surface area contributed by atoms with Crippen LogP contribution in [0, 0.1) is 5.92 Å². The van der Waals surface area contributed by atoms with E-state index < -0.39 is 12.1 Å². The maximum Gasteiger partial charge on any atom is 0.393 e. The molecule has 1 fully saturated rings. The number of piperidine rings is 1. The van der Waals surface area contributed by atoms with Gasteiger partial charge in [-0.25, -0.2) is 0 Å². The number of halogens is 4. The fraction of sp³-hybridized carbons (Fsp3) is 0.538. The van der Waals surface area contributed by atoms with Crippen LogP contribution in [0.2, 0.25) is 0 Å². The predicted octanol–water partition coefficient (Wildman–Crippen LogP) is 3.69. The van der Waals surface area contributed by atoms with Crippen molar-refractivity contribution in [2.75, 3.05) is 18.0 Å². The molecule has 2 N–H and O–H groups in total. The van der Waals surface area contributed by atoms with E-state index in [0.717, 1.165) is 15.7 Å². The minimum atomic E-state index is -4.12. The molecule has 19 heavy (non-hydrogen) atoms. The largest absolute Gasteiger partial charge is 0.393 e. The third kappa shape index (κ3) is 3.23. The molecule has 106 valence electrons. The predicted molar refractivity (Wildman–Crippen MR) is 73.0 cm³/mol. The highest BCUT2D eigenvalue weighted by Gasteiger charge is 2.42. The van der Waals surface area contributed by atoms with Crippen molar-refractivity contribution >= 4 is 21.6 Å². The van der Waals surface area contributed by atoms with Crippen molar-refractivity contribution in [3.05, 3.63) is 28.2 Å². The second-order valence-electron chi connectivity index (χ2n) is 4.77. The molecule has 1 unspecified atom stereocenters. The van der Waals surface area contributed by atoms with Gasteiger partial charge in [0, 0.05) is 35.4 Å². The van der Waals surface area contributed by atoms with Gasteiger partial charge in [-0.1, -0.05) is 22.0 Å². The average molecular weight is 337 g/mol. The van der Waals surface area contributed by atoms with Gasteiger partial charge in [-0.15, -0.1) is 0 Å². The van der Waals surface area contributed by atoms with Crippen LogP contribution in [0.1, 0.15) is 18.4 Å². The van der Waals surface area contributed by atoms with Crippen LogP contribution >= 0.6 is 15.9 Å². The zero-order valence-corrected chi connectivity index (χ0v) is 12.0. The van der Waals surface area contributed by atoms with E-state index in [4.69, 9.17) is 5.73 Å². The molecular weight excluding hydrogens is 321 g/mol. The lowest BCUT2D eigenvalue weighted by atomic mass is 9.96. The van der Waals surface area contributed by atoms with Gasteiger partial charge in [-0.05, 0) is 25.0 Å². The molecule has 0 aliphatic carbocycles. The number of nitrogens with two attached hydrogens (primary N) is 1. The lowest BCUT2D eigenvalue weighted by Crippen LogP contribution is -2.42. The molecular formula is C13H16BrF3N2. The maximum absolute atomic E-state index is 12.8. The van der Waals surface area contributed by atoms with Crippen molar-refractivity contribution in [3.8, 4) is 0 Å². The van der Waals surface area contributed by atoms with Crippen LogP contribution in [-0.2, 0) is 6.54 Å². The molecule has 0 spiro atoms. The molecule has 2 nitrogen and oxygen atoms in total. The first-order chi connectivity index (χ1) is 8.93. The monoisotopic (exact) mass is 336 g/mol. The SMILES string of the molecule is NCc1c(Br)cccc1N1CCCC(C(F)(F)F)C1. The van der Waals surface area contributed by atoms with Crippen LogP contribution < -0.4 is 10.6 Å². The lowest BCUT2D eigenvalue weighted by Gasteiger charge is -2.36. The second-order valence-corrected chi connectivity index (χ2v) is 5.62. The first-order valence-corrected chi connectivity index (χ1v) is 7.02. The number of benzene rings is 1. The molecule has 1 heterocycles. The number of hydrogen-bond donors (Lipinski definition) is 1. The smallest absolute Gasteiger partial charge is 0.371 e. The Kier molecular flexibility index (Phi) is 4.40. The van der Waals surface area contributed by atoms with Crippen LogP contribution in [0.4, 0.5) is 18.9 Å². The molecule has 1 aromatic rings. The zero-order chi connectivity index (χ0) is 14.0. The molecule has 1 saturated heterocycles. The number of hydrogen-bond acceptors (Lipinski definition) is 2. The second kappa shape index (κ2) is 5.71. The first kappa shape index (κ1) is 14.7. The van der Waals surface area contributed by atoms with Crippen molar-refractivity contribution in [1.82, 2.24) is 0 Å². The van der Waals surface area contributed by atoms with Crippen molar-refractivity contribution in [3.63, 3.8) is 0 Å². The van der Waals surface area contributed by atoms with E-state index in [9.17, 15) is 13.2 Å². The summed E-state index contributed by atoms with van der Waals surface area (Å²) in [5.74, 6) is -1.24. The van der Waals surface area contributed by atoms with Crippen molar-refractivity contribution < 1.29 is 13.2 Å². The summed E-state index contributed by atoms with van der Waals surface area (Å²) in [4.78, 5) is 1.80. The highest BCUT2D eigenvalue weighted by molar-refractivity contribution is 9.10. The van der Waals surface area contributed by atoms with E-state index in [2.05, 4.69) is 15.9 Å². The summed E-state index contributed by atoms with van der Waals surface area (Å²) in [5.41, 5.74) is 7.38. The maximum atomic E-state index is 12.8. The van der Waals surface area contributed by atoms with Crippen LogP contribution in [0.5, 0.6) is 0 Å². The fourth-order valence-corrected chi connectivity index (χ4v) is 3.03. The van der Waals surface area contributed by atoms with E-state index in [1.165, 1.54) is 0 Å². The van der Waals surface area contributed by atoms with Gasteiger partial charge >= 0.3 is 6.18 Å². The van der Waals surface area contributed by atoms with E-state index in [1.807, 2.05) is 18.2 Å². The molecule has 2 rings (SSSR count). The molecule has 0 aromatic heterocycles. The highest BCUT2D eigenvalue weighted by atomic mass is 79.9. The Morgan fingerprint density at radius 3 is 2.74 bits per heavy atom. The van der Waals surface area contributed by atoms with Gasteiger partial charge in [0.2, 0.25) is 0 Å². The summed E-state index contributed by atoms with van der Waals surface area (Å²) in [7, 11) is 0. The molecule has 0 bridgehead atoms. The number of anilines is 1. The molecule has 0 amide bonds. The molecule has 0 saturated carbocycles. The van der Waals surface area contributed by atoms with Gasteiger partial charge in [-0.3, -0.25) is 0 Å². The highest BCUT2D eigenvalue weighted by Crippen LogP contribution is 2.36. The van der Waals surface area contributed by atoms with Crippen molar-refractivity contribution in [1.29, 1.82) is 0 Å². The average Bonchev–Trinajstić information content (AvgIpc) is 2.37. The standard InChI is InChI=1S/C13H16BrF3N2/c14-11-4-1-5-12(10(11)7-18)19-6-2-3-9(8-19)13(15,16)17/h1,4-5,9H,2-3,6-8,18H2. The van der Waals surface area contributed by atoms with Crippen LogP contribution in [0.3, 0.4) is 0 Å². The van der Waals surface area contributed by atoms with Gasteiger partial charge in [0.1, 0.15) is 0 Å². The Bertz CT molecular complexity index is 448. The number of nitrogens with zero attached hydrogens (tertiary/aromatic N) is 1. The summed E-state index contributed by atoms with van der Waals surface area (Å²) in [6, 6.07) is 5.53. The first-order valence-electron chi connectivity index (χ1n) is 6.22. The molecule has 1 atom stereocenters. The zero-order valence-electron chi connectivity index (χ0n) is 10.4. The molecule has 0 radical (unpaired) electrons. The molecule has 1 aliphatic heterocycles. The quantitative estimate of drug-likeness (QED) is 0.892. The number of rotatable bonds is 2. The third-order valence-electron chi connectivity index (χ3n) is 3.52. The summed E-state index contributed by atoms with van der Waals surface area (Å²) >= 11 is 3.40. The van der Waals surface area contributed by atoms with Crippen molar-refractivity contribution in [2.24, 2.45) is 11.7 Å². The summed E-state index contributed by atoms with van der Waals surface area (Å²) in [6.45, 7) is 0.979. The minimum Gasteiger partial charge on any atom is -0.371 e. The Morgan fingerprint density at radius 1 is 1.37 bits per heavy atom. The molecule has 1 aliphatic rings. The summed E-state index contributed by atoms with van der Waals surface area (Å²) < 4.78 is 39.3.